The number of benzene rings is 2. The number of carbonyl (C=O) groups is 1. The molecule has 36 heavy (non-hydrogen) atoms. The van der Waals surface area contributed by atoms with Crippen LogP contribution in [0.5, 0.6) is 23.0 Å². The largest absolute Gasteiger partial charge is 0.507 e. The molecule has 0 aromatic heterocycles. The quantitative estimate of drug-likeness (QED) is 0.338. The van der Waals surface area contributed by atoms with E-state index in [1.54, 1.807) is 26.4 Å². The first-order valence-electron chi connectivity index (χ1n) is 12.8. The molecule has 4 rings (SSSR count). The van der Waals surface area contributed by atoms with Gasteiger partial charge in [0.25, 0.3) is 0 Å². The molecule has 0 saturated carbocycles. The molecule has 2 atom stereocenters. The molecule has 0 radical (unpaired) electrons. The molecular weight excluding hydrogens is 456 g/mol. The highest BCUT2D eigenvalue weighted by molar-refractivity contribution is 6.16. The number of carbonyl (C=O) groups excluding carboxylic acids is 1. The van der Waals surface area contributed by atoms with Crippen molar-refractivity contribution in [2.75, 3.05) is 20.8 Å². The molecule has 0 amide bonds. The van der Waals surface area contributed by atoms with Crippen molar-refractivity contribution in [3.05, 3.63) is 57.7 Å². The van der Waals surface area contributed by atoms with Crippen molar-refractivity contribution in [2.45, 2.75) is 71.8 Å². The van der Waals surface area contributed by atoms with Crippen LogP contribution in [0.3, 0.4) is 0 Å². The molecule has 0 fully saturated rings. The predicted octanol–water partition coefficient (Wildman–Crippen LogP) is 6.15. The third-order valence-electron chi connectivity index (χ3n) is 7.92. The highest BCUT2D eigenvalue weighted by atomic mass is 16.5. The molecule has 2 aromatic carbocycles. The van der Waals surface area contributed by atoms with E-state index in [2.05, 4.69) is 20.8 Å². The van der Waals surface area contributed by atoms with Gasteiger partial charge in [0.05, 0.1) is 38.1 Å². The number of ether oxygens (including phenoxy) is 3. The molecule has 0 saturated heterocycles. The Morgan fingerprint density at radius 1 is 1.08 bits per heavy atom. The maximum Gasteiger partial charge on any atom is 0.201 e. The van der Waals surface area contributed by atoms with E-state index >= 15 is 0 Å². The summed E-state index contributed by atoms with van der Waals surface area (Å²) in [7, 11) is 3.18. The summed E-state index contributed by atoms with van der Waals surface area (Å²) in [6.45, 7) is 8.98. The first-order chi connectivity index (χ1) is 17.1. The average molecular weight is 495 g/mol. The van der Waals surface area contributed by atoms with Crippen LogP contribution < -0.4 is 14.2 Å². The van der Waals surface area contributed by atoms with Crippen molar-refractivity contribution < 1.29 is 29.2 Å². The zero-order valence-electron chi connectivity index (χ0n) is 22.2. The van der Waals surface area contributed by atoms with E-state index in [0.717, 1.165) is 36.8 Å². The number of unbranched alkanes of at least 4 members (excludes halogenated alkanes) is 1. The standard InChI is InChI=1S/C30H38O6/c1-7-8-13-36-25-15-18(34-5)14-19-20(16-21-17(2)22(31)11-12-30(21,3)4)26-24(35-6)10-9-23(32)28(26)29(33)27(19)25/h9-10,14-15,20,22,31-32H,7-8,11-13,16H2,1-6H3/t20-,22+/m1/s1. The van der Waals surface area contributed by atoms with Crippen molar-refractivity contribution in [2.24, 2.45) is 5.41 Å². The van der Waals surface area contributed by atoms with E-state index in [1.165, 1.54) is 11.6 Å². The third-order valence-corrected chi connectivity index (χ3v) is 7.92. The lowest BCUT2D eigenvalue weighted by molar-refractivity contribution is 0.102. The summed E-state index contributed by atoms with van der Waals surface area (Å²) in [4.78, 5) is 13.9. The molecule has 6 nitrogen and oxygen atoms in total. The van der Waals surface area contributed by atoms with Gasteiger partial charge in [-0.25, -0.2) is 0 Å². The number of rotatable bonds is 8. The van der Waals surface area contributed by atoms with Gasteiger partial charge in [-0.1, -0.05) is 32.8 Å². The second-order valence-electron chi connectivity index (χ2n) is 10.6. The zero-order chi connectivity index (χ0) is 26.2. The van der Waals surface area contributed by atoms with Crippen LogP contribution in [-0.4, -0.2) is 42.9 Å². The number of phenolic OH excluding ortho intramolecular Hbond substituents is 1. The molecule has 194 valence electrons. The van der Waals surface area contributed by atoms with Crippen molar-refractivity contribution in [1.29, 1.82) is 0 Å². The lowest BCUT2D eigenvalue weighted by Crippen LogP contribution is -2.30. The lowest BCUT2D eigenvalue weighted by atomic mass is 9.65. The fourth-order valence-electron chi connectivity index (χ4n) is 5.77. The number of hydrogen-bond acceptors (Lipinski definition) is 6. The molecule has 0 bridgehead atoms. The smallest absolute Gasteiger partial charge is 0.201 e. The summed E-state index contributed by atoms with van der Waals surface area (Å²) < 4.78 is 17.5. The summed E-state index contributed by atoms with van der Waals surface area (Å²) in [5, 5.41) is 21.6. The van der Waals surface area contributed by atoms with Gasteiger partial charge in [0.2, 0.25) is 5.78 Å². The summed E-state index contributed by atoms with van der Waals surface area (Å²) in [6.07, 6.45) is 3.51. The number of fused-ring (bicyclic) bond motifs is 2. The maximum atomic E-state index is 13.9. The second-order valence-corrected chi connectivity index (χ2v) is 10.6. The van der Waals surface area contributed by atoms with Gasteiger partial charge in [-0.15, -0.1) is 0 Å². The maximum absolute atomic E-state index is 13.9. The van der Waals surface area contributed by atoms with Crippen LogP contribution in [0.25, 0.3) is 0 Å². The van der Waals surface area contributed by atoms with Crippen LogP contribution in [-0.2, 0) is 0 Å². The Morgan fingerprint density at radius 3 is 2.50 bits per heavy atom. The van der Waals surface area contributed by atoms with E-state index < -0.39 is 6.10 Å². The number of allylic oxidation sites excluding steroid dienone is 1. The molecule has 2 aromatic rings. The monoisotopic (exact) mass is 494 g/mol. The van der Waals surface area contributed by atoms with Gasteiger partial charge >= 0.3 is 0 Å². The summed E-state index contributed by atoms with van der Waals surface area (Å²) in [5.41, 5.74) is 4.20. The van der Waals surface area contributed by atoms with E-state index in [-0.39, 0.29) is 28.4 Å². The number of phenols is 1. The highest BCUT2D eigenvalue weighted by Gasteiger charge is 2.41. The fraction of sp³-hybridized carbons (Fsp3) is 0.500. The summed E-state index contributed by atoms with van der Waals surface area (Å²) in [6, 6.07) is 6.88. The van der Waals surface area contributed by atoms with E-state index in [1.807, 2.05) is 13.0 Å². The van der Waals surface area contributed by atoms with Gasteiger partial charge in [-0.2, -0.15) is 0 Å². The van der Waals surface area contributed by atoms with Gasteiger partial charge in [0.1, 0.15) is 23.0 Å². The molecule has 2 aliphatic carbocycles. The molecule has 2 N–H and O–H groups in total. The Balaban J connectivity index is 1.99. The van der Waals surface area contributed by atoms with Crippen molar-refractivity contribution in [3.63, 3.8) is 0 Å². The minimum atomic E-state index is -0.485. The minimum absolute atomic E-state index is 0.0737. The van der Waals surface area contributed by atoms with Gasteiger partial charge in [-0.3, -0.25) is 4.79 Å². The van der Waals surface area contributed by atoms with Gasteiger partial charge in [0, 0.05) is 17.5 Å². The van der Waals surface area contributed by atoms with Crippen LogP contribution >= 0.6 is 0 Å². The number of methoxy groups -OCH3 is 2. The number of ketones is 1. The number of aromatic hydroxyl groups is 1. The Kier molecular flexibility index (Phi) is 7.37. The van der Waals surface area contributed by atoms with Crippen LogP contribution in [0.1, 0.15) is 92.8 Å². The van der Waals surface area contributed by atoms with Crippen molar-refractivity contribution in [1.82, 2.24) is 0 Å². The molecule has 2 aliphatic rings. The molecule has 0 heterocycles. The SMILES string of the molecule is CCCCOc1cc(OC)cc2c1C(=O)c1c(O)ccc(OC)c1[C@@H]2CC1=C(C)[C@@H](O)CCC1(C)C. The predicted molar refractivity (Wildman–Crippen MR) is 140 cm³/mol. The average Bonchev–Trinajstić information content (AvgIpc) is 2.85. The van der Waals surface area contributed by atoms with Crippen LogP contribution in [0.15, 0.2) is 35.4 Å². The fourth-order valence-corrected chi connectivity index (χ4v) is 5.77. The Bertz CT molecular complexity index is 1190. The lowest BCUT2D eigenvalue weighted by Gasteiger charge is -2.40. The minimum Gasteiger partial charge on any atom is -0.507 e. The van der Waals surface area contributed by atoms with Crippen LogP contribution in [0.2, 0.25) is 0 Å². The van der Waals surface area contributed by atoms with Crippen molar-refractivity contribution in [3.8, 4) is 23.0 Å². The van der Waals surface area contributed by atoms with E-state index in [0.29, 0.717) is 41.4 Å². The highest BCUT2D eigenvalue weighted by Crippen LogP contribution is 2.53. The van der Waals surface area contributed by atoms with Gasteiger partial charge < -0.3 is 24.4 Å². The molecule has 0 aliphatic heterocycles. The molecule has 6 heteroatoms. The zero-order valence-corrected chi connectivity index (χ0v) is 22.2. The molecular formula is C30H38O6. The Hall–Kier alpha value is -2.99. The number of hydrogen-bond donors (Lipinski definition) is 2. The van der Waals surface area contributed by atoms with E-state index in [9.17, 15) is 15.0 Å². The number of aliphatic hydroxyl groups excluding tert-OH is 1. The first-order valence-corrected chi connectivity index (χ1v) is 12.8. The van der Waals surface area contributed by atoms with Crippen LogP contribution in [0.4, 0.5) is 0 Å². The summed E-state index contributed by atoms with van der Waals surface area (Å²) in [5.74, 6) is 0.970. The topological polar surface area (TPSA) is 85.2 Å². The van der Waals surface area contributed by atoms with Gasteiger partial charge in [0.15, 0.2) is 0 Å². The van der Waals surface area contributed by atoms with E-state index in [4.69, 9.17) is 14.2 Å². The molecule has 0 unspecified atom stereocenters. The first kappa shape index (κ1) is 26.1. The molecule has 0 spiro atoms. The third kappa shape index (κ3) is 4.47. The summed E-state index contributed by atoms with van der Waals surface area (Å²) >= 11 is 0. The van der Waals surface area contributed by atoms with Gasteiger partial charge in [-0.05, 0) is 67.4 Å². The van der Waals surface area contributed by atoms with Crippen LogP contribution in [0, 0.1) is 5.41 Å². The normalized spacial score (nSPS) is 20.6. The Labute approximate surface area is 213 Å². The Morgan fingerprint density at radius 2 is 1.83 bits per heavy atom. The van der Waals surface area contributed by atoms with Crippen molar-refractivity contribution >= 4 is 5.78 Å². The second kappa shape index (κ2) is 10.2. The number of aliphatic hydroxyl groups is 1.